The van der Waals surface area contributed by atoms with Crippen LogP contribution in [-0.2, 0) is 9.59 Å². The third-order valence-corrected chi connectivity index (χ3v) is 3.79. The van der Waals surface area contributed by atoms with Gasteiger partial charge in [-0.15, -0.1) is 5.28 Å². The minimum Gasteiger partial charge on any atom is -0.274 e. The second-order valence-corrected chi connectivity index (χ2v) is 5.47. The Hall–Kier alpha value is 0.632. The Morgan fingerprint density at radius 3 is 1.86 bits per heavy atom. The molecular formula is C8H14AlBr2NO2. The van der Waals surface area contributed by atoms with E-state index in [2.05, 4.69) is 32.1 Å². The number of imide groups is 1. The minimum absolute atomic E-state index is 0.144. The molecule has 0 spiro atoms. The minimum atomic E-state index is -0.144. The lowest BCUT2D eigenvalue weighted by Crippen LogP contribution is -2.16. The van der Waals surface area contributed by atoms with Crippen LogP contribution in [0.4, 0.5) is 0 Å². The maximum Gasteiger partial charge on any atom is 0.239 e. The van der Waals surface area contributed by atoms with Crippen LogP contribution in [0.3, 0.4) is 0 Å². The quantitative estimate of drug-likeness (QED) is 0.257. The Morgan fingerprint density at radius 1 is 1.21 bits per heavy atom. The topological polar surface area (TPSA) is 37.4 Å². The van der Waals surface area contributed by atoms with Crippen molar-refractivity contribution in [3.63, 3.8) is 0 Å². The van der Waals surface area contributed by atoms with Crippen LogP contribution < -0.4 is 0 Å². The lowest BCUT2D eigenvalue weighted by atomic mass is 10.4. The summed E-state index contributed by atoms with van der Waals surface area (Å²) in [5.74, 6) is -0.287. The number of nitrogens with zero attached hydrogens (tertiary/aromatic N) is 1. The largest absolute Gasteiger partial charge is 0.274 e. The van der Waals surface area contributed by atoms with Crippen LogP contribution >= 0.6 is 32.1 Å². The summed E-state index contributed by atoms with van der Waals surface area (Å²) in [6, 6.07) is 0. The number of hydrogen-bond donors (Lipinski definition) is 0. The van der Waals surface area contributed by atoms with Gasteiger partial charge in [-0.25, -0.2) is 3.93 Å². The van der Waals surface area contributed by atoms with Gasteiger partial charge in [0.1, 0.15) is 0 Å². The molecule has 1 heterocycles. The molecule has 0 N–H and O–H groups in total. The van der Waals surface area contributed by atoms with Crippen molar-refractivity contribution in [2.24, 2.45) is 0 Å². The second kappa shape index (κ2) is 8.90. The van der Waals surface area contributed by atoms with Gasteiger partial charge in [-0.05, 0) is 6.42 Å². The zero-order chi connectivity index (χ0) is 11.0. The van der Waals surface area contributed by atoms with E-state index < -0.39 is 0 Å². The third kappa shape index (κ3) is 6.18. The van der Waals surface area contributed by atoms with Crippen LogP contribution in [0.1, 0.15) is 25.7 Å². The van der Waals surface area contributed by atoms with Crippen LogP contribution in [-0.4, -0.2) is 37.4 Å². The molecule has 1 saturated heterocycles. The highest BCUT2D eigenvalue weighted by Gasteiger charge is 2.26. The van der Waals surface area contributed by atoms with E-state index in [9.17, 15) is 9.59 Å². The zero-order valence-corrected chi connectivity index (χ0v) is 13.4. The Kier molecular flexibility index (Phi) is 9.30. The summed E-state index contributed by atoms with van der Waals surface area (Å²) in [6.07, 6.45) is 3.50. The van der Waals surface area contributed by atoms with Crippen molar-refractivity contribution >= 4 is 60.2 Å². The summed E-state index contributed by atoms with van der Waals surface area (Å²) < 4.78 is 0.979. The van der Waals surface area contributed by atoms with Gasteiger partial charge in [0.2, 0.25) is 28.1 Å². The molecule has 0 unspecified atom stereocenters. The van der Waals surface area contributed by atoms with Crippen molar-refractivity contribution in [2.45, 2.75) is 31.0 Å². The number of carbonyl (C=O) groups is 2. The highest BCUT2D eigenvalue weighted by Crippen LogP contribution is 2.14. The normalized spacial score (nSPS) is 15.4. The molecule has 0 radical (unpaired) electrons. The molecule has 3 nitrogen and oxygen atoms in total. The molecule has 0 bridgehead atoms. The van der Waals surface area contributed by atoms with Gasteiger partial charge >= 0.3 is 0 Å². The maximum atomic E-state index is 10.4. The SMILES string of the molecule is O=C1CCC(=O)N1Br.[AlH2][CH2]CCCBr. The fourth-order valence-electron chi connectivity index (χ4n) is 0.894. The number of rotatable bonds is 3. The van der Waals surface area contributed by atoms with Crippen LogP contribution in [0.2, 0.25) is 5.28 Å². The highest BCUT2D eigenvalue weighted by molar-refractivity contribution is 9.09. The van der Waals surface area contributed by atoms with Gasteiger partial charge in [0.25, 0.3) is 0 Å². The Morgan fingerprint density at radius 2 is 1.71 bits per heavy atom. The van der Waals surface area contributed by atoms with Gasteiger partial charge in [-0.3, -0.25) is 9.59 Å². The lowest BCUT2D eigenvalue weighted by molar-refractivity contribution is -0.131. The molecule has 14 heavy (non-hydrogen) atoms. The molecule has 0 aromatic rings. The summed E-state index contributed by atoms with van der Waals surface area (Å²) in [5.41, 5.74) is 0. The first-order chi connectivity index (χ1) is 6.63. The Labute approximate surface area is 109 Å². The summed E-state index contributed by atoms with van der Waals surface area (Å²) in [6.45, 7) is 0. The van der Waals surface area contributed by atoms with E-state index in [0.717, 1.165) is 3.93 Å². The van der Waals surface area contributed by atoms with Crippen molar-refractivity contribution in [3.8, 4) is 0 Å². The number of alkyl halides is 1. The molecule has 1 aliphatic rings. The summed E-state index contributed by atoms with van der Waals surface area (Å²) in [4.78, 5) is 20.9. The molecule has 80 valence electrons. The van der Waals surface area contributed by atoms with E-state index >= 15 is 0 Å². The van der Waals surface area contributed by atoms with E-state index in [1.165, 1.54) is 39.7 Å². The van der Waals surface area contributed by atoms with Gasteiger partial charge in [-0.2, -0.15) is 0 Å². The molecule has 1 fully saturated rings. The standard InChI is InChI=1S/C4H4BrNO2.C4H8Br.Al.2H/c5-6-3(7)1-2-4(6)8;1-2-3-4-5;;;/h1-2H2;1-4H2;;;. The molecule has 0 atom stereocenters. The summed E-state index contributed by atoms with van der Waals surface area (Å²) >= 11 is 7.55. The first kappa shape index (κ1) is 14.6. The monoisotopic (exact) mass is 341 g/mol. The van der Waals surface area contributed by atoms with Crippen molar-refractivity contribution in [2.75, 3.05) is 5.33 Å². The van der Waals surface area contributed by atoms with Crippen molar-refractivity contribution < 1.29 is 9.59 Å². The van der Waals surface area contributed by atoms with E-state index in [0.29, 0.717) is 12.8 Å². The first-order valence-corrected chi connectivity index (χ1v) is 7.95. The number of carbonyl (C=O) groups excluding carboxylic acids is 2. The van der Waals surface area contributed by atoms with Gasteiger partial charge in [0.15, 0.2) is 0 Å². The number of unbranched alkanes of at least 4 members (excludes halogenated alkanes) is 1. The van der Waals surface area contributed by atoms with E-state index in [1.807, 2.05) is 0 Å². The lowest BCUT2D eigenvalue weighted by Gasteiger charge is -1.97. The van der Waals surface area contributed by atoms with Crippen LogP contribution in [0.15, 0.2) is 0 Å². The van der Waals surface area contributed by atoms with Gasteiger partial charge < -0.3 is 0 Å². The fraction of sp³-hybridized carbons (Fsp3) is 0.750. The van der Waals surface area contributed by atoms with Crippen molar-refractivity contribution in [1.82, 2.24) is 3.93 Å². The Bertz CT molecular complexity index is 182. The van der Waals surface area contributed by atoms with Gasteiger partial charge in [0.05, 0.1) is 16.1 Å². The number of amides is 2. The molecule has 0 aromatic heterocycles. The van der Waals surface area contributed by atoms with Crippen LogP contribution in [0.25, 0.3) is 0 Å². The molecule has 0 aromatic carbocycles. The highest BCUT2D eigenvalue weighted by atomic mass is 79.9. The van der Waals surface area contributed by atoms with Crippen LogP contribution in [0, 0.1) is 0 Å². The molecular weight excluding hydrogens is 329 g/mol. The zero-order valence-electron chi connectivity index (χ0n) is 8.26. The van der Waals surface area contributed by atoms with E-state index in [1.54, 1.807) is 0 Å². The summed E-state index contributed by atoms with van der Waals surface area (Å²) in [5, 5.41) is 2.65. The molecule has 2 amide bonds. The summed E-state index contributed by atoms with van der Waals surface area (Å²) in [7, 11) is 0. The smallest absolute Gasteiger partial charge is 0.239 e. The third-order valence-electron chi connectivity index (χ3n) is 1.73. The van der Waals surface area contributed by atoms with Crippen molar-refractivity contribution in [1.29, 1.82) is 0 Å². The van der Waals surface area contributed by atoms with Crippen LogP contribution in [0.5, 0.6) is 0 Å². The van der Waals surface area contributed by atoms with E-state index in [4.69, 9.17) is 0 Å². The molecule has 1 aliphatic heterocycles. The van der Waals surface area contributed by atoms with Gasteiger partial charge in [-0.1, -0.05) is 22.4 Å². The molecule has 1 rings (SSSR count). The molecule has 6 heteroatoms. The second-order valence-electron chi connectivity index (χ2n) is 2.96. The van der Waals surface area contributed by atoms with Crippen molar-refractivity contribution in [3.05, 3.63) is 0 Å². The average molecular weight is 343 g/mol. The maximum absolute atomic E-state index is 10.4. The fourth-order valence-corrected chi connectivity index (χ4v) is 2.14. The molecule has 0 aliphatic carbocycles. The number of halogens is 2. The van der Waals surface area contributed by atoms with Gasteiger partial charge in [0, 0.05) is 18.2 Å². The predicted molar refractivity (Wildman–Crippen MR) is 66.4 cm³/mol. The number of hydrogen-bond acceptors (Lipinski definition) is 2. The Balaban J connectivity index is 0.000000255. The molecule has 0 saturated carbocycles. The first-order valence-electron chi connectivity index (χ1n) is 4.71. The average Bonchev–Trinajstić information content (AvgIpc) is 2.47. The predicted octanol–water partition coefficient (Wildman–Crippen LogP) is 1.66. The van der Waals surface area contributed by atoms with E-state index in [-0.39, 0.29) is 11.8 Å².